The van der Waals surface area contributed by atoms with Crippen LogP contribution in [0.15, 0.2) is 18.2 Å². The number of amides is 3. The van der Waals surface area contributed by atoms with Gasteiger partial charge in [-0.2, -0.15) is 0 Å². The standard InChI is InChI=1S/C14H14Cl2N2O2S/c1-2-3-14-12(19)18(13(20)17(14)4-5-21-14)11-7-9(15)6-10(16)8-11/h6-8H,2-5H2,1H3. The number of halogens is 2. The zero-order valence-electron chi connectivity index (χ0n) is 11.4. The van der Waals surface area contributed by atoms with E-state index in [9.17, 15) is 9.59 Å². The van der Waals surface area contributed by atoms with Crippen molar-refractivity contribution in [1.29, 1.82) is 0 Å². The van der Waals surface area contributed by atoms with E-state index in [0.717, 1.165) is 12.2 Å². The van der Waals surface area contributed by atoms with Crippen LogP contribution < -0.4 is 4.90 Å². The van der Waals surface area contributed by atoms with E-state index in [0.29, 0.717) is 28.7 Å². The number of benzene rings is 1. The van der Waals surface area contributed by atoms with Crippen molar-refractivity contribution in [2.45, 2.75) is 24.6 Å². The molecule has 1 atom stereocenters. The summed E-state index contributed by atoms with van der Waals surface area (Å²) in [5.74, 6) is 0.608. The smallest absolute Gasteiger partial charge is 0.299 e. The van der Waals surface area contributed by atoms with Gasteiger partial charge in [-0.15, -0.1) is 11.8 Å². The average molecular weight is 345 g/mol. The van der Waals surface area contributed by atoms with Gasteiger partial charge in [0.2, 0.25) is 0 Å². The topological polar surface area (TPSA) is 40.6 Å². The summed E-state index contributed by atoms with van der Waals surface area (Å²) in [4.78, 5) is 27.7. The second kappa shape index (κ2) is 5.38. The van der Waals surface area contributed by atoms with Gasteiger partial charge in [-0.3, -0.25) is 9.69 Å². The average Bonchev–Trinajstić information content (AvgIpc) is 2.89. The highest BCUT2D eigenvalue weighted by Gasteiger charge is 2.60. The highest BCUT2D eigenvalue weighted by Crippen LogP contribution is 2.47. The fraction of sp³-hybridized carbons (Fsp3) is 0.429. The van der Waals surface area contributed by atoms with E-state index in [1.54, 1.807) is 34.9 Å². The molecule has 1 unspecified atom stereocenters. The number of rotatable bonds is 3. The molecule has 2 saturated heterocycles. The molecule has 2 aliphatic heterocycles. The van der Waals surface area contributed by atoms with E-state index < -0.39 is 4.87 Å². The molecule has 3 amide bonds. The first-order valence-electron chi connectivity index (χ1n) is 6.76. The number of carbonyl (C=O) groups is 2. The number of fused-ring (bicyclic) bond motifs is 1. The highest BCUT2D eigenvalue weighted by atomic mass is 35.5. The highest BCUT2D eigenvalue weighted by molar-refractivity contribution is 8.01. The third-order valence-corrected chi connectivity index (χ3v) is 5.65. The summed E-state index contributed by atoms with van der Waals surface area (Å²) in [5, 5.41) is 0.810. The molecular formula is C14H14Cl2N2O2S. The summed E-state index contributed by atoms with van der Waals surface area (Å²) in [6, 6.07) is 4.48. The molecule has 0 aromatic heterocycles. The zero-order chi connectivity index (χ0) is 15.2. The fourth-order valence-electron chi connectivity index (χ4n) is 2.92. The van der Waals surface area contributed by atoms with Crippen molar-refractivity contribution in [3.8, 4) is 0 Å². The summed E-state index contributed by atoms with van der Waals surface area (Å²) in [6.07, 6.45) is 1.50. The second-order valence-electron chi connectivity index (χ2n) is 5.09. The van der Waals surface area contributed by atoms with E-state index in [2.05, 4.69) is 0 Å². The minimum atomic E-state index is -0.749. The van der Waals surface area contributed by atoms with E-state index >= 15 is 0 Å². The van der Waals surface area contributed by atoms with Crippen molar-refractivity contribution < 1.29 is 9.59 Å². The Morgan fingerprint density at radius 2 is 1.90 bits per heavy atom. The van der Waals surface area contributed by atoms with E-state index in [-0.39, 0.29) is 11.9 Å². The van der Waals surface area contributed by atoms with Crippen molar-refractivity contribution >= 4 is 52.6 Å². The lowest BCUT2D eigenvalue weighted by Crippen LogP contribution is -2.42. The van der Waals surface area contributed by atoms with Crippen molar-refractivity contribution in [1.82, 2.24) is 4.90 Å². The SMILES string of the molecule is CCCC12SCCN1C(=O)N(c1cc(Cl)cc(Cl)c1)C2=O. The van der Waals surface area contributed by atoms with Crippen LogP contribution in [0.5, 0.6) is 0 Å². The number of thioether (sulfide) groups is 1. The maximum absolute atomic E-state index is 12.9. The first-order chi connectivity index (χ1) is 9.99. The van der Waals surface area contributed by atoms with Gasteiger partial charge in [0, 0.05) is 22.3 Å². The molecule has 7 heteroatoms. The molecular weight excluding hydrogens is 331 g/mol. The fourth-order valence-corrected chi connectivity index (χ4v) is 4.94. The molecule has 0 spiro atoms. The molecule has 2 heterocycles. The number of urea groups is 1. The summed E-state index contributed by atoms with van der Waals surface area (Å²) in [7, 11) is 0. The van der Waals surface area contributed by atoms with E-state index in [1.807, 2.05) is 6.92 Å². The molecule has 1 aromatic carbocycles. The Kier molecular flexibility index (Phi) is 3.84. The molecule has 112 valence electrons. The quantitative estimate of drug-likeness (QED) is 0.778. The van der Waals surface area contributed by atoms with Gasteiger partial charge < -0.3 is 0 Å². The van der Waals surface area contributed by atoms with Crippen molar-refractivity contribution in [2.75, 3.05) is 17.2 Å². The number of imide groups is 1. The summed E-state index contributed by atoms with van der Waals surface area (Å²) in [6.45, 7) is 2.61. The number of hydrogen-bond acceptors (Lipinski definition) is 3. The molecule has 1 aromatic rings. The van der Waals surface area contributed by atoms with Gasteiger partial charge in [0.15, 0.2) is 4.87 Å². The Balaban J connectivity index is 2.05. The van der Waals surface area contributed by atoms with Crippen LogP contribution in [0.3, 0.4) is 0 Å². The molecule has 0 saturated carbocycles. The molecule has 0 aliphatic carbocycles. The zero-order valence-corrected chi connectivity index (χ0v) is 13.8. The number of anilines is 1. The molecule has 0 radical (unpaired) electrons. The number of hydrogen-bond donors (Lipinski definition) is 0. The molecule has 4 nitrogen and oxygen atoms in total. The van der Waals surface area contributed by atoms with Crippen molar-refractivity contribution in [3.05, 3.63) is 28.2 Å². The van der Waals surface area contributed by atoms with Crippen LogP contribution in [-0.2, 0) is 4.79 Å². The van der Waals surface area contributed by atoms with Crippen LogP contribution >= 0.6 is 35.0 Å². The molecule has 0 N–H and O–H groups in total. The Labute approximate surface area is 137 Å². The molecule has 0 bridgehead atoms. The molecule has 2 fully saturated rings. The largest absolute Gasteiger partial charge is 0.333 e. The summed E-state index contributed by atoms with van der Waals surface area (Å²) < 4.78 is 0. The second-order valence-corrected chi connectivity index (χ2v) is 7.33. The summed E-state index contributed by atoms with van der Waals surface area (Å²) in [5.41, 5.74) is 0.438. The Morgan fingerprint density at radius 3 is 2.52 bits per heavy atom. The predicted molar refractivity (Wildman–Crippen MR) is 86.1 cm³/mol. The Hall–Kier alpha value is -0.910. The van der Waals surface area contributed by atoms with Gasteiger partial charge in [0.25, 0.3) is 5.91 Å². The van der Waals surface area contributed by atoms with Crippen molar-refractivity contribution in [3.63, 3.8) is 0 Å². The maximum atomic E-state index is 12.9. The lowest BCUT2D eigenvalue weighted by atomic mass is 10.1. The van der Waals surface area contributed by atoms with Crippen LogP contribution in [0.25, 0.3) is 0 Å². The van der Waals surface area contributed by atoms with Crippen molar-refractivity contribution in [2.24, 2.45) is 0 Å². The van der Waals surface area contributed by atoms with Crippen LogP contribution in [0.2, 0.25) is 10.0 Å². The molecule has 2 aliphatic rings. The first kappa shape index (κ1) is 15.0. The van der Waals surface area contributed by atoms with Gasteiger partial charge in [-0.1, -0.05) is 36.5 Å². The minimum absolute atomic E-state index is 0.185. The number of nitrogens with zero attached hydrogens (tertiary/aromatic N) is 2. The normalized spacial score (nSPS) is 24.9. The maximum Gasteiger partial charge on any atom is 0.333 e. The monoisotopic (exact) mass is 344 g/mol. The van der Waals surface area contributed by atoms with Gasteiger partial charge in [-0.05, 0) is 24.6 Å². The summed E-state index contributed by atoms with van der Waals surface area (Å²) >= 11 is 13.5. The van der Waals surface area contributed by atoms with Crippen LogP contribution in [0.1, 0.15) is 19.8 Å². The van der Waals surface area contributed by atoms with Gasteiger partial charge in [0.05, 0.1) is 5.69 Å². The molecule has 3 rings (SSSR count). The van der Waals surface area contributed by atoms with Gasteiger partial charge in [0.1, 0.15) is 0 Å². The van der Waals surface area contributed by atoms with E-state index in [4.69, 9.17) is 23.2 Å². The predicted octanol–water partition coefficient (Wildman–Crippen LogP) is 4.01. The molecule has 21 heavy (non-hydrogen) atoms. The van der Waals surface area contributed by atoms with Gasteiger partial charge >= 0.3 is 6.03 Å². The van der Waals surface area contributed by atoms with Crippen LogP contribution in [-0.4, -0.2) is 34.0 Å². The minimum Gasteiger partial charge on any atom is -0.299 e. The third-order valence-electron chi connectivity index (χ3n) is 3.75. The van der Waals surface area contributed by atoms with Crippen LogP contribution in [0.4, 0.5) is 10.5 Å². The van der Waals surface area contributed by atoms with E-state index in [1.165, 1.54) is 4.90 Å². The lowest BCUT2D eigenvalue weighted by molar-refractivity contribution is -0.120. The Morgan fingerprint density at radius 1 is 1.24 bits per heavy atom. The lowest BCUT2D eigenvalue weighted by Gasteiger charge is -2.26. The third kappa shape index (κ3) is 2.22. The Bertz CT molecular complexity index is 605. The van der Waals surface area contributed by atoms with Gasteiger partial charge in [-0.25, -0.2) is 9.69 Å². The van der Waals surface area contributed by atoms with Crippen LogP contribution in [0, 0.1) is 0 Å². The number of carbonyl (C=O) groups excluding carboxylic acids is 2. The first-order valence-corrected chi connectivity index (χ1v) is 8.50.